The van der Waals surface area contributed by atoms with Crippen LogP contribution in [0.2, 0.25) is 0 Å². The Morgan fingerprint density at radius 1 is 1.19 bits per heavy atom. The molecule has 0 aromatic heterocycles. The molecule has 3 unspecified atom stereocenters. The van der Waals surface area contributed by atoms with Gasteiger partial charge in [0.1, 0.15) is 11.6 Å². The van der Waals surface area contributed by atoms with Crippen LogP contribution in [0.15, 0.2) is 0 Å². The number of aliphatic hydroxyl groups excluding tert-OH is 1. The maximum absolute atomic E-state index is 14.0. The third kappa shape index (κ3) is 5.06. The Bertz CT molecular complexity index is 824. The lowest BCUT2D eigenvalue weighted by molar-refractivity contribution is -0.146. The Hall–Kier alpha value is -1.27. The number of hydrogen-bond donors (Lipinski definition) is 3. The van der Waals surface area contributed by atoms with E-state index in [0.717, 1.165) is 19.5 Å². The zero-order chi connectivity index (χ0) is 26.0. The van der Waals surface area contributed by atoms with E-state index in [1.54, 1.807) is 4.90 Å². The minimum absolute atomic E-state index is 0.139. The predicted molar refractivity (Wildman–Crippen MR) is 136 cm³/mol. The summed E-state index contributed by atoms with van der Waals surface area (Å²) in [6, 6.07) is -1.42. The average molecular weight is 574 g/mol. The first-order valence-corrected chi connectivity index (χ1v) is 14.3. The van der Waals surface area contributed by atoms with Crippen LogP contribution in [0, 0.1) is 17.8 Å². The highest BCUT2D eigenvalue weighted by Gasteiger charge is 2.76. The van der Waals surface area contributed by atoms with E-state index in [1.165, 1.54) is 0 Å². The van der Waals surface area contributed by atoms with Crippen LogP contribution in [-0.2, 0) is 23.9 Å². The number of carbonyl (C=O) groups is 3. The van der Waals surface area contributed by atoms with Crippen LogP contribution in [0.1, 0.15) is 40.0 Å². The first-order chi connectivity index (χ1) is 17.2. The number of aliphatic hydroxyl groups is 1. The molecule has 4 aliphatic rings. The van der Waals surface area contributed by atoms with Gasteiger partial charge in [-0.3, -0.25) is 19.3 Å². The van der Waals surface area contributed by atoms with Crippen molar-refractivity contribution in [2.24, 2.45) is 17.8 Å². The van der Waals surface area contributed by atoms with E-state index < -0.39 is 35.6 Å². The van der Waals surface area contributed by atoms with E-state index >= 15 is 0 Å². The molecule has 36 heavy (non-hydrogen) atoms. The van der Waals surface area contributed by atoms with Gasteiger partial charge < -0.3 is 30.1 Å². The van der Waals surface area contributed by atoms with Gasteiger partial charge in [-0.15, -0.1) is 0 Å². The minimum Gasteiger partial charge on any atom is -0.394 e. The predicted octanol–water partition coefficient (Wildman–Crippen LogP) is 0.116. The summed E-state index contributed by atoms with van der Waals surface area (Å²) in [6.07, 6.45) is 1.33. The lowest BCUT2D eigenvalue weighted by Crippen LogP contribution is -2.59. The molecule has 0 aromatic rings. The third-order valence-corrected chi connectivity index (χ3v) is 8.85. The molecular formula is C25H41BrN4O6. The summed E-state index contributed by atoms with van der Waals surface area (Å²) in [5.74, 6) is -1.96. The van der Waals surface area contributed by atoms with Crippen molar-refractivity contribution in [3.63, 3.8) is 0 Å². The second-order valence-corrected chi connectivity index (χ2v) is 12.1. The minimum atomic E-state index is -1.10. The van der Waals surface area contributed by atoms with Gasteiger partial charge in [0.05, 0.1) is 43.8 Å². The maximum Gasteiger partial charge on any atom is 0.245 e. The van der Waals surface area contributed by atoms with Crippen molar-refractivity contribution in [3.05, 3.63) is 0 Å². The highest BCUT2D eigenvalue weighted by atomic mass is 79.9. The second-order valence-electron chi connectivity index (χ2n) is 10.9. The summed E-state index contributed by atoms with van der Waals surface area (Å²) in [7, 11) is 0. The summed E-state index contributed by atoms with van der Waals surface area (Å²) < 4.78 is 11.9. The fraction of sp³-hybridized carbons (Fsp3) is 0.880. The topological polar surface area (TPSA) is 120 Å². The molecule has 7 atom stereocenters. The summed E-state index contributed by atoms with van der Waals surface area (Å²) in [5.41, 5.74) is -1.10. The number of halogens is 1. The molecule has 4 aliphatic heterocycles. The standard InChI is InChI=1S/C25H41BrN4O6/c1-4-5-27-22(32)18-19-24(34)30(16(14-31)12-15(2)3)21(25(19)13-17(26)20(18)36-25)23(33)28-6-7-29-8-10-35-11-9-29/h15-21,31H,4-14H2,1-3H3,(H,27,32)(H,28,33)/t16-,17?,18+,19+,20+,21?,25?/m1/s1. The number of nitrogens with one attached hydrogen (secondary N) is 2. The lowest BCUT2D eigenvalue weighted by atomic mass is 9.70. The van der Waals surface area contributed by atoms with Gasteiger partial charge in [-0.25, -0.2) is 0 Å². The van der Waals surface area contributed by atoms with E-state index in [2.05, 4.69) is 31.5 Å². The summed E-state index contributed by atoms with van der Waals surface area (Å²) in [6.45, 7) is 10.4. The Morgan fingerprint density at radius 2 is 1.89 bits per heavy atom. The van der Waals surface area contributed by atoms with Crippen LogP contribution < -0.4 is 10.6 Å². The van der Waals surface area contributed by atoms with Crippen molar-refractivity contribution >= 4 is 33.7 Å². The van der Waals surface area contributed by atoms with Crippen molar-refractivity contribution in [2.75, 3.05) is 52.5 Å². The molecule has 0 aliphatic carbocycles. The van der Waals surface area contributed by atoms with E-state index in [4.69, 9.17) is 9.47 Å². The fourth-order valence-corrected chi connectivity index (χ4v) is 7.45. The van der Waals surface area contributed by atoms with Crippen LogP contribution in [0.4, 0.5) is 0 Å². The highest BCUT2D eigenvalue weighted by molar-refractivity contribution is 9.09. The van der Waals surface area contributed by atoms with Gasteiger partial charge in [0.25, 0.3) is 0 Å². The normalized spacial score (nSPS) is 34.8. The van der Waals surface area contributed by atoms with E-state index in [0.29, 0.717) is 45.7 Å². The smallest absolute Gasteiger partial charge is 0.245 e. The molecule has 4 fully saturated rings. The Balaban J connectivity index is 1.61. The Labute approximate surface area is 221 Å². The molecule has 11 heteroatoms. The van der Waals surface area contributed by atoms with E-state index in [9.17, 15) is 19.5 Å². The lowest BCUT2D eigenvalue weighted by Gasteiger charge is -2.37. The molecule has 10 nitrogen and oxygen atoms in total. The molecule has 1 spiro atoms. The number of carbonyl (C=O) groups excluding carboxylic acids is 3. The van der Waals surface area contributed by atoms with Crippen LogP contribution in [0.3, 0.4) is 0 Å². The molecule has 4 heterocycles. The molecule has 0 radical (unpaired) electrons. The fourth-order valence-electron chi connectivity index (χ4n) is 6.50. The highest BCUT2D eigenvalue weighted by Crippen LogP contribution is 2.60. The number of alkyl halides is 1. The van der Waals surface area contributed by atoms with E-state index in [-0.39, 0.29) is 35.1 Å². The van der Waals surface area contributed by atoms with Crippen molar-refractivity contribution in [2.45, 2.75) is 68.6 Å². The quantitative estimate of drug-likeness (QED) is 0.301. The van der Waals surface area contributed by atoms with Gasteiger partial charge in [0.2, 0.25) is 17.7 Å². The first kappa shape index (κ1) is 27.8. The second kappa shape index (κ2) is 11.6. The van der Waals surface area contributed by atoms with Crippen molar-refractivity contribution in [1.82, 2.24) is 20.4 Å². The largest absolute Gasteiger partial charge is 0.394 e. The molecule has 3 amide bonds. The van der Waals surface area contributed by atoms with Gasteiger partial charge in [-0.2, -0.15) is 0 Å². The summed E-state index contributed by atoms with van der Waals surface area (Å²) >= 11 is 3.68. The van der Waals surface area contributed by atoms with Crippen molar-refractivity contribution in [1.29, 1.82) is 0 Å². The molecule has 2 bridgehead atoms. The number of fused-ring (bicyclic) bond motifs is 1. The molecular weight excluding hydrogens is 532 g/mol. The SMILES string of the molecule is CCCNC(=O)[C@H]1[C@H]2C(=O)N([C@@H](CO)CC(C)C)C(C(=O)NCCN3CCOCC3)C23CC(Br)[C@@H]1O3. The molecule has 0 saturated carbocycles. The van der Waals surface area contributed by atoms with Gasteiger partial charge in [-0.05, 0) is 25.2 Å². The summed E-state index contributed by atoms with van der Waals surface area (Å²) in [4.78, 5) is 44.7. The number of ether oxygens (including phenoxy) is 2. The zero-order valence-corrected chi connectivity index (χ0v) is 23.2. The van der Waals surface area contributed by atoms with Gasteiger partial charge in [0.15, 0.2) is 0 Å². The zero-order valence-electron chi connectivity index (χ0n) is 21.6. The molecule has 3 N–H and O–H groups in total. The Kier molecular flexibility index (Phi) is 8.97. The Morgan fingerprint density at radius 3 is 2.53 bits per heavy atom. The third-order valence-electron chi connectivity index (χ3n) is 8.01. The number of hydrogen-bond acceptors (Lipinski definition) is 7. The van der Waals surface area contributed by atoms with Crippen LogP contribution in [0.5, 0.6) is 0 Å². The van der Waals surface area contributed by atoms with Gasteiger partial charge in [-0.1, -0.05) is 36.7 Å². The van der Waals surface area contributed by atoms with Crippen LogP contribution in [-0.4, -0.2) is 114 Å². The number of nitrogens with zero attached hydrogens (tertiary/aromatic N) is 2. The summed E-state index contributed by atoms with van der Waals surface area (Å²) in [5, 5.41) is 16.3. The van der Waals surface area contributed by atoms with Gasteiger partial charge in [0, 0.05) is 37.6 Å². The van der Waals surface area contributed by atoms with Crippen LogP contribution >= 0.6 is 15.9 Å². The molecule has 204 valence electrons. The molecule has 4 rings (SSSR count). The average Bonchev–Trinajstić information content (AvgIpc) is 3.45. The molecule has 0 aromatic carbocycles. The van der Waals surface area contributed by atoms with Gasteiger partial charge >= 0.3 is 0 Å². The van der Waals surface area contributed by atoms with E-state index in [1.807, 2.05) is 20.8 Å². The number of rotatable bonds is 11. The number of likely N-dealkylation sites (tertiary alicyclic amines) is 1. The number of amides is 3. The van der Waals surface area contributed by atoms with Crippen molar-refractivity contribution < 1.29 is 29.0 Å². The monoisotopic (exact) mass is 572 g/mol. The molecule has 4 saturated heterocycles. The van der Waals surface area contributed by atoms with Crippen LogP contribution in [0.25, 0.3) is 0 Å². The first-order valence-electron chi connectivity index (χ1n) is 13.4. The maximum atomic E-state index is 14.0. The van der Waals surface area contributed by atoms with Crippen molar-refractivity contribution in [3.8, 4) is 0 Å². The number of morpholine rings is 1.